The Morgan fingerprint density at radius 2 is 1.76 bits per heavy atom. The van der Waals surface area contributed by atoms with Crippen molar-refractivity contribution in [2.45, 2.75) is 57.9 Å². The second-order valence-corrected chi connectivity index (χ2v) is 5.71. The maximum Gasteiger partial charge on any atom is 0.313 e. The van der Waals surface area contributed by atoms with E-state index in [1.54, 1.807) is 0 Å². The van der Waals surface area contributed by atoms with Gasteiger partial charge < -0.3 is 10.6 Å². The number of anilines is 1. The molecule has 21 heavy (non-hydrogen) atoms. The fraction of sp³-hybridized carbons (Fsp3) is 0.529. The van der Waals surface area contributed by atoms with Gasteiger partial charge in [0.25, 0.3) is 0 Å². The number of nitrogens with one attached hydrogen (secondary N) is 2. The van der Waals surface area contributed by atoms with E-state index in [1.165, 1.54) is 12.0 Å². The van der Waals surface area contributed by atoms with Crippen LogP contribution in [0.25, 0.3) is 0 Å². The van der Waals surface area contributed by atoms with Crippen molar-refractivity contribution in [1.29, 1.82) is 0 Å². The molecule has 2 rings (SSSR count). The van der Waals surface area contributed by atoms with Crippen molar-refractivity contribution in [2.24, 2.45) is 0 Å². The van der Waals surface area contributed by atoms with Crippen LogP contribution in [0.5, 0.6) is 0 Å². The standard InChI is InChI=1S/C17H24N2O2/c1-2-3-6-13-9-11-15(12-10-13)19-17(21)16(20)18-14-7-4-5-8-14/h9-12,14H,2-8H2,1H3,(H,18,20)(H,19,21). The summed E-state index contributed by atoms with van der Waals surface area (Å²) in [4.78, 5) is 23.6. The summed E-state index contributed by atoms with van der Waals surface area (Å²) >= 11 is 0. The normalized spacial score (nSPS) is 14.9. The number of amides is 2. The van der Waals surface area contributed by atoms with Crippen molar-refractivity contribution in [3.63, 3.8) is 0 Å². The van der Waals surface area contributed by atoms with Crippen LogP contribution in [0.3, 0.4) is 0 Å². The average Bonchev–Trinajstić information content (AvgIpc) is 2.99. The summed E-state index contributed by atoms with van der Waals surface area (Å²) in [6, 6.07) is 7.87. The molecule has 0 aromatic heterocycles. The first-order valence-electron chi connectivity index (χ1n) is 7.90. The first kappa shape index (κ1) is 15.5. The quantitative estimate of drug-likeness (QED) is 0.818. The molecule has 0 atom stereocenters. The van der Waals surface area contributed by atoms with Gasteiger partial charge in [-0.1, -0.05) is 38.3 Å². The van der Waals surface area contributed by atoms with Gasteiger partial charge in [0.2, 0.25) is 0 Å². The highest BCUT2D eigenvalue weighted by molar-refractivity contribution is 6.39. The summed E-state index contributed by atoms with van der Waals surface area (Å²) < 4.78 is 0. The second kappa shape index (κ2) is 7.81. The molecule has 4 nitrogen and oxygen atoms in total. The summed E-state index contributed by atoms with van der Waals surface area (Å²) in [6.07, 6.45) is 7.59. The molecule has 1 fully saturated rings. The topological polar surface area (TPSA) is 58.2 Å². The Kier molecular flexibility index (Phi) is 5.78. The Morgan fingerprint density at radius 1 is 1.10 bits per heavy atom. The minimum absolute atomic E-state index is 0.166. The molecule has 1 aliphatic rings. The molecular formula is C17H24N2O2. The van der Waals surface area contributed by atoms with E-state index in [4.69, 9.17) is 0 Å². The summed E-state index contributed by atoms with van der Waals surface area (Å²) in [5.41, 5.74) is 1.92. The Morgan fingerprint density at radius 3 is 2.38 bits per heavy atom. The van der Waals surface area contributed by atoms with Crippen molar-refractivity contribution in [3.05, 3.63) is 29.8 Å². The smallest absolute Gasteiger partial charge is 0.313 e. The summed E-state index contributed by atoms with van der Waals surface area (Å²) in [6.45, 7) is 2.16. The lowest BCUT2D eigenvalue weighted by Gasteiger charge is -2.11. The molecule has 1 aliphatic carbocycles. The third-order valence-corrected chi connectivity index (χ3v) is 3.93. The summed E-state index contributed by atoms with van der Waals surface area (Å²) in [5, 5.41) is 5.44. The SMILES string of the molecule is CCCCc1ccc(NC(=O)C(=O)NC2CCCC2)cc1. The Bertz CT molecular complexity index is 476. The van der Waals surface area contributed by atoms with Gasteiger partial charge >= 0.3 is 11.8 Å². The Labute approximate surface area is 126 Å². The van der Waals surface area contributed by atoms with Gasteiger partial charge in [-0.25, -0.2) is 0 Å². The molecule has 114 valence electrons. The second-order valence-electron chi connectivity index (χ2n) is 5.71. The predicted molar refractivity (Wildman–Crippen MR) is 84.1 cm³/mol. The molecule has 1 saturated carbocycles. The fourth-order valence-electron chi connectivity index (χ4n) is 2.64. The van der Waals surface area contributed by atoms with Gasteiger partial charge in [0, 0.05) is 11.7 Å². The molecule has 0 spiro atoms. The van der Waals surface area contributed by atoms with Gasteiger partial charge in [-0.2, -0.15) is 0 Å². The third kappa shape index (κ3) is 4.88. The molecule has 0 radical (unpaired) electrons. The molecule has 1 aromatic rings. The van der Waals surface area contributed by atoms with Crippen LogP contribution in [0.15, 0.2) is 24.3 Å². The van der Waals surface area contributed by atoms with E-state index in [9.17, 15) is 9.59 Å². The maximum absolute atomic E-state index is 11.8. The van der Waals surface area contributed by atoms with Crippen LogP contribution in [0.4, 0.5) is 5.69 Å². The zero-order valence-corrected chi connectivity index (χ0v) is 12.7. The van der Waals surface area contributed by atoms with E-state index in [0.717, 1.165) is 38.5 Å². The lowest BCUT2D eigenvalue weighted by Crippen LogP contribution is -2.40. The highest BCUT2D eigenvalue weighted by atomic mass is 16.2. The Balaban J connectivity index is 1.82. The minimum atomic E-state index is -0.580. The van der Waals surface area contributed by atoms with E-state index in [1.807, 2.05) is 24.3 Å². The monoisotopic (exact) mass is 288 g/mol. The third-order valence-electron chi connectivity index (χ3n) is 3.93. The van der Waals surface area contributed by atoms with Gasteiger partial charge in [0.05, 0.1) is 0 Å². The fourth-order valence-corrected chi connectivity index (χ4v) is 2.64. The van der Waals surface area contributed by atoms with Crippen LogP contribution in [0.2, 0.25) is 0 Å². The number of benzene rings is 1. The van der Waals surface area contributed by atoms with Crippen LogP contribution in [0, 0.1) is 0 Å². The number of hydrogen-bond donors (Lipinski definition) is 2. The van der Waals surface area contributed by atoms with Crippen LogP contribution >= 0.6 is 0 Å². The predicted octanol–water partition coefficient (Wildman–Crippen LogP) is 3.03. The molecular weight excluding hydrogens is 264 g/mol. The summed E-state index contributed by atoms with van der Waals surface area (Å²) in [7, 11) is 0. The van der Waals surface area contributed by atoms with Crippen molar-refractivity contribution >= 4 is 17.5 Å². The zero-order valence-electron chi connectivity index (χ0n) is 12.7. The molecule has 0 aliphatic heterocycles. The molecule has 2 amide bonds. The molecule has 0 unspecified atom stereocenters. The zero-order chi connectivity index (χ0) is 15.1. The summed E-state index contributed by atoms with van der Waals surface area (Å²) in [5.74, 6) is -1.11. The molecule has 4 heteroatoms. The highest BCUT2D eigenvalue weighted by Crippen LogP contribution is 2.17. The molecule has 0 heterocycles. The first-order valence-corrected chi connectivity index (χ1v) is 7.90. The lowest BCUT2D eigenvalue weighted by atomic mass is 10.1. The Hall–Kier alpha value is -1.84. The van der Waals surface area contributed by atoms with Crippen LogP contribution in [0.1, 0.15) is 51.0 Å². The van der Waals surface area contributed by atoms with E-state index < -0.39 is 11.8 Å². The van der Waals surface area contributed by atoms with Gasteiger partial charge in [-0.05, 0) is 43.4 Å². The van der Waals surface area contributed by atoms with Crippen LogP contribution < -0.4 is 10.6 Å². The van der Waals surface area contributed by atoms with E-state index in [0.29, 0.717) is 5.69 Å². The van der Waals surface area contributed by atoms with Gasteiger partial charge in [0.15, 0.2) is 0 Å². The molecule has 0 saturated heterocycles. The van der Waals surface area contributed by atoms with Crippen LogP contribution in [-0.4, -0.2) is 17.9 Å². The number of aryl methyl sites for hydroxylation is 1. The average molecular weight is 288 g/mol. The number of rotatable bonds is 5. The number of hydrogen-bond acceptors (Lipinski definition) is 2. The van der Waals surface area contributed by atoms with E-state index in [2.05, 4.69) is 17.6 Å². The number of carbonyl (C=O) groups excluding carboxylic acids is 2. The minimum Gasteiger partial charge on any atom is -0.345 e. The first-order chi connectivity index (χ1) is 10.2. The van der Waals surface area contributed by atoms with Crippen LogP contribution in [-0.2, 0) is 16.0 Å². The number of unbranched alkanes of at least 4 members (excludes halogenated alkanes) is 1. The maximum atomic E-state index is 11.8. The van der Waals surface area contributed by atoms with Crippen molar-refractivity contribution in [1.82, 2.24) is 5.32 Å². The van der Waals surface area contributed by atoms with Gasteiger partial charge in [-0.15, -0.1) is 0 Å². The van der Waals surface area contributed by atoms with E-state index in [-0.39, 0.29) is 6.04 Å². The number of carbonyl (C=O) groups is 2. The highest BCUT2D eigenvalue weighted by Gasteiger charge is 2.21. The van der Waals surface area contributed by atoms with Crippen molar-refractivity contribution in [2.75, 3.05) is 5.32 Å². The van der Waals surface area contributed by atoms with Gasteiger partial charge in [0.1, 0.15) is 0 Å². The van der Waals surface area contributed by atoms with E-state index >= 15 is 0 Å². The van der Waals surface area contributed by atoms with Crippen molar-refractivity contribution in [3.8, 4) is 0 Å². The molecule has 1 aromatic carbocycles. The molecule has 2 N–H and O–H groups in total. The molecule has 0 bridgehead atoms. The largest absolute Gasteiger partial charge is 0.345 e. The lowest BCUT2D eigenvalue weighted by molar-refractivity contribution is -0.136. The van der Waals surface area contributed by atoms with Crippen molar-refractivity contribution < 1.29 is 9.59 Å². The van der Waals surface area contributed by atoms with Gasteiger partial charge in [-0.3, -0.25) is 9.59 Å².